The first kappa shape index (κ1) is 21.9. The molecule has 3 aliphatic heterocycles. The molecule has 2 amide bonds. The van der Waals surface area contributed by atoms with Crippen LogP contribution >= 0.6 is 0 Å². The molecule has 0 aromatic carbocycles. The molecule has 28 heavy (non-hydrogen) atoms. The van der Waals surface area contributed by atoms with E-state index in [0.29, 0.717) is 12.1 Å². The maximum Gasteiger partial charge on any atom is 0.319 e. The molecule has 3 aliphatic rings. The van der Waals surface area contributed by atoms with Gasteiger partial charge in [-0.15, -0.1) is 0 Å². The van der Waals surface area contributed by atoms with Gasteiger partial charge in [-0.3, -0.25) is 4.90 Å². The third-order valence-electron chi connectivity index (χ3n) is 7.63. The highest BCUT2D eigenvalue weighted by molar-refractivity contribution is 5.74. The Hall–Kier alpha value is -0.810. The minimum absolute atomic E-state index is 0.311. The monoisotopic (exact) mass is 392 g/mol. The smallest absolute Gasteiger partial charge is 0.319 e. The highest BCUT2D eigenvalue weighted by atomic mass is 16.2. The van der Waals surface area contributed by atoms with Gasteiger partial charge in [0.2, 0.25) is 0 Å². The molecule has 0 aromatic rings. The van der Waals surface area contributed by atoms with Gasteiger partial charge in [-0.05, 0) is 70.3 Å². The first-order valence-corrected chi connectivity index (χ1v) is 11.9. The molecule has 5 heteroatoms. The van der Waals surface area contributed by atoms with Gasteiger partial charge in [-0.1, -0.05) is 13.8 Å². The summed E-state index contributed by atoms with van der Waals surface area (Å²) in [6.45, 7) is 19.2. The van der Waals surface area contributed by atoms with Crippen LogP contribution in [0.1, 0.15) is 59.8 Å². The van der Waals surface area contributed by atoms with Crippen molar-refractivity contribution in [3.05, 3.63) is 0 Å². The van der Waals surface area contributed by atoms with Crippen LogP contribution in [-0.2, 0) is 0 Å². The zero-order valence-electron chi connectivity index (χ0n) is 18.9. The predicted octanol–water partition coefficient (Wildman–Crippen LogP) is 3.60. The topological polar surface area (TPSA) is 30.0 Å². The number of urea groups is 1. The van der Waals surface area contributed by atoms with E-state index in [2.05, 4.69) is 47.3 Å². The van der Waals surface area contributed by atoms with Crippen LogP contribution < -0.4 is 0 Å². The Morgan fingerprint density at radius 3 is 1.82 bits per heavy atom. The molecular weight excluding hydrogens is 348 g/mol. The molecule has 3 heterocycles. The number of carbonyl (C=O) groups is 1. The molecule has 3 saturated heterocycles. The minimum Gasteiger partial charge on any atom is -0.325 e. The fraction of sp³-hybridized carbons (Fsp3) is 0.957. The summed E-state index contributed by atoms with van der Waals surface area (Å²) in [6, 6.07) is 0.991. The lowest BCUT2D eigenvalue weighted by molar-refractivity contribution is 0.0926. The number of rotatable bonds is 5. The molecule has 0 N–H and O–H groups in total. The quantitative estimate of drug-likeness (QED) is 0.716. The molecule has 5 nitrogen and oxygen atoms in total. The zero-order valence-corrected chi connectivity index (χ0v) is 18.9. The molecule has 0 unspecified atom stereocenters. The third kappa shape index (κ3) is 5.85. The molecule has 0 atom stereocenters. The van der Waals surface area contributed by atoms with Crippen LogP contribution in [0, 0.1) is 17.8 Å². The van der Waals surface area contributed by atoms with Crippen LogP contribution in [0.25, 0.3) is 0 Å². The van der Waals surface area contributed by atoms with Crippen molar-refractivity contribution in [2.24, 2.45) is 17.8 Å². The highest BCUT2D eigenvalue weighted by Gasteiger charge is 2.30. The highest BCUT2D eigenvalue weighted by Crippen LogP contribution is 2.27. The van der Waals surface area contributed by atoms with E-state index >= 15 is 0 Å². The van der Waals surface area contributed by atoms with Crippen molar-refractivity contribution in [1.82, 2.24) is 19.6 Å². The lowest BCUT2D eigenvalue weighted by Gasteiger charge is -2.40. The molecule has 0 saturated carbocycles. The van der Waals surface area contributed by atoms with Crippen molar-refractivity contribution in [1.29, 1.82) is 0 Å². The van der Waals surface area contributed by atoms with Crippen LogP contribution in [0.5, 0.6) is 0 Å². The number of hydrogen-bond donors (Lipinski definition) is 0. The second-order valence-corrected chi connectivity index (χ2v) is 10.0. The summed E-state index contributed by atoms with van der Waals surface area (Å²) >= 11 is 0. The standard InChI is InChI=1S/C23H44N4O/c1-19(2)22-8-13-27(14-9-22)23(28)26-11-6-21(7-12-26)5-10-24-15-17-25(18-16-24)20(3)4/h19-22H,5-18H2,1-4H3. The van der Waals surface area contributed by atoms with Gasteiger partial charge in [0.1, 0.15) is 0 Å². The predicted molar refractivity (Wildman–Crippen MR) is 117 cm³/mol. The summed E-state index contributed by atoms with van der Waals surface area (Å²) in [5.41, 5.74) is 0. The van der Waals surface area contributed by atoms with Crippen molar-refractivity contribution < 1.29 is 4.79 Å². The molecule has 3 fully saturated rings. The fourth-order valence-electron chi connectivity index (χ4n) is 5.24. The number of carbonyl (C=O) groups excluding carboxylic acids is 1. The van der Waals surface area contributed by atoms with Gasteiger partial charge < -0.3 is 14.7 Å². The number of amides is 2. The van der Waals surface area contributed by atoms with Crippen molar-refractivity contribution in [3.8, 4) is 0 Å². The summed E-state index contributed by atoms with van der Waals surface area (Å²) in [7, 11) is 0. The maximum atomic E-state index is 12.9. The minimum atomic E-state index is 0.311. The summed E-state index contributed by atoms with van der Waals surface area (Å²) < 4.78 is 0. The van der Waals surface area contributed by atoms with Crippen molar-refractivity contribution in [3.63, 3.8) is 0 Å². The zero-order chi connectivity index (χ0) is 20.1. The van der Waals surface area contributed by atoms with Crippen LogP contribution in [0.4, 0.5) is 4.79 Å². The van der Waals surface area contributed by atoms with E-state index in [0.717, 1.165) is 43.9 Å². The van der Waals surface area contributed by atoms with E-state index in [1.165, 1.54) is 64.8 Å². The molecular formula is C23H44N4O. The summed E-state index contributed by atoms with van der Waals surface area (Å²) in [6.07, 6.45) is 6.07. The Morgan fingerprint density at radius 1 is 0.786 bits per heavy atom. The maximum absolute atomic E-state index is 12.9. The molecule has 162 valence electrons. The Balaban J connectivity index is 1.32. The third-order valence-corrected chi connectivity index (χ3v) is 7.63. The van der Waals surface area contributed by atoms with Gasteiger partial charge in [0.05, 0.1) is 0 Å². The molecule has 0 spiro atoms. The van der Waals surface area contributed by atoms with Gasteiger partial charge >= 0.3 is 6.03 Å². The van der Waals surface area contributed by atoms with Crippen molar-refractivity contribution >= 4 is 6.03 Å². The largest absolute Gasteiger partial charge is 0.325 e. The van der Waals surface area contributed by atoms with E-state index in [4.69, 9.17) is 0 Å². The van der Waals surface area contributed by atoms with E-state index in [1.807, 2.05) is 0 Å². The first-order valence-electron chi connectivity index (χ1n) is 11.9. The lowest BCUT2D eigenvalue weighted by atomic mass is 9.87. The number of piperidine rings is 2. The number of likely N-dealkylation sites (tertiary alicyclic amines) is 2. The van der Waals surface area contributed by atoms with Gasteiger partial charge in [0.15, 0.2) is 0 Å². The summed E-state index contributed by atoms with van der Waals surface area (Å²) in [5, 5.41) is 0. The molecule has 0 aromatic heterocycles. The molecule has 3 rings (SSSR count). The summed E-state index contributed by atoms with van der Waals surface area (Å²) in [4.78, 5) is 22.4. The molecule has 0 bridgehead atoms. The average molecular weight is 393 g/mol. The first-order chi connectivity index (χ1) is 13.4. The number of hydrogen-bond acceptors (Lipinski definition) is 3. The fourth-order valence-corrected chi connectivity index (χ4v) is 5.24. The second-order valence-electron chi connectivity index (χ2n) is 10.0. The lowest BCUT2D eigenvalue weighted by Crippen LogP contribution is -2.50. The van der Waals surface area contributed by atoms with Crippen LogP contribution in [-0.4, -0.2) is 90.6 Å². The van der Waals surface area contributed by atoms with Gasteiger partial charge in [0, 0.05) is 58.4 Å². The Labute approximate surface area is 173 Å². The average Bonchev–Trinajstić information content (AvgIpc) is 2.72. The van der Waals surface area contributed by atoms with E-state index < -0.39 is 0 Å². The molecule has 0 radical (unpaired) electrons. The van der Waals surface area contributed by atoms with Gasteiger partial charge in [-0.2, -0.15) is 0 Å². The Morgan fingerprint density at radius 2 is 1.32 bits per heavy atom. The molecule has 0 aliphatic carbocycles. The number of nitrogens with zero attached hydrogens (tertiary/aromatic N) is 4. The van der Waals surface area contributed by atoms with Crippen LogP contribution in [0.15, 0.2) is 0 Å². The van der Waals surface area contributed by atoms with Crippen LogP contribution in [0.3, 0.4) is 0 Å². The van der Waals surface area contributed by atoms with Gasteiger partial charge in [0.25, 0.3) is 0 Å². The Kier molecular flexibility index (Phi) is 8.04. The normalized spacial score (nSPS) is 24.5. The Bertz CT molecular complexity index is 471. The van der Waals surface area contributed by atoms with Crippen molar-refractivity contribution in [2.75, 3.05) is 58.9 Å². The van der Waals surface area contributed by atoms with Crippen LogP contribution in [0.2, 0.25) is 0 Å². The second kappa shape index (κ2) is 10.3. The van der Waals surface area contributed by atoms with E-state index in [9.17, 15) is 4.79 Å². The van der Waals surface area contributed by atoms with Gasteiger partial charge in [-0.25, -0.2) is 4.79 Å². The van der Waals surface area contributed by atoms with E-state index in [-0.39, 0.29) is 0 Å². The summed E-state index contributed by atoms with van der Waals surface area (Å²) in [5.74, 6) is 2.36. The number of piperazine rings is 1. The van der Waals surface area contributed by atoms with E-state index in [1.54, 1.807) is 0 Å². The SMILES string of the molecule is CC(C)C1CCN(C(=O)N2CCC(CCN3CCN(C(C)C)CC3)CC2)CC1. The van der Waals surface area contributed by atoms with Crippen molar-refractivity contribution in [2.45, 2.75) is 65.8 Å².